The molecule has 1 aliphatic carbocycles. The zero-order valence-corrected chi connectivity index (χ0v) is 39.3. The summed E-state index contributed by atoms with van der Waals surface area (Å²) >= 11 is 0. The second kappa shape index (κ2) is 19.0. The predicted molar refractivity (Wildman–Crippen MR) is 256 cm³/mol. The van der Waals surface area contributed by atoms with Crippen molar-refractivity contribution in [2.75, 3.05) is 81.9 Å². The molecule has 0 bridgehead atoms. The maximum absolute atomic E-state index is 17.1. The van der Waals surface area contributed by atoms with Crippen molar-refractivity contribution in [3.63, 3.8) is 0 Å². The fourth-order valence-electron chi connectivity index (χ4n) is 10.8. The molecular formula is C51H60F2N10O6. The lowest BCUT2D eigenvalue weighted by molar-refractivity contribution is -0.134. The summed E-state index contributed by atoms with van der Waals surface area (Å²) in [5, 5.41) is 28.2. The normalized spacial score (nSPS) is 22.5. The number of anilines is 2. The Labute approximate surface area is 399 Å². The maximum atomic E-state index is 17.1. The number of halogens is 2. The van der Waals surface area contributed by atoms with Gasteiger partial charge in [0.15, 0.2) is 5.82 Å². The van der Waals surface area contributed by atoms with Crippen LogP contribution >= 0.6 is 0 Å². The van der Waals surface area contributed by atoms with Crippen LogP contribution in [0, 0.1) is 23.0 Å². The van der Waals surface area contributed by atoms with Gasteiger partial charge in [0.05, 0.1) is 29.5 Å². The van der Waals surface area contributed by atoms with Crippen LogP contribution in [0.1, 0.15) is 81.3 Å². The van der Waals surface area contributed by atoms with Gasteiger partial charge in [0.1, 0.15) is 40.3 Å². The molecule has 10 rings (SSSR count). The van der Waals surface area contributed by atoms with E-state index < -0.39 is 35.1 Å². The van der Waals surface area contributed by atoms with Gasteiger partial charge in [-0.2, -0.15) is 9.97 Å². The third-order valence-corrected chi connectivity index (χ3v) is 14.9. The van der Waals surface area contributed by atoms with Gasteiger partial charge >= 0.3 is 6.01 Å². The van der Waals surface area contributed by atoms with Crippen LogP contribution < -0.4 is 25.2 Å². The smallest absolute Gasteiger partial charge is 0.319 e. The second-order valence-corrected chi connectivity index (χ2v) is 20.2. The number of fused-ring (bicyclic) bond motifs is 2. The molecule has 2 aromatic carbocycles. The first-order valence-corrected chi connectivity index (χ1v) is 24.4. The number of carbonyl (C=O) groups excluding carboxylic acids is 3. The van der Waals surface area contributed by atoms with Crippen molar-refractivity contribution in [1.82, 2.24) is 40.4 Å². The van der Waals surface area contributed by atoms with E-state index >= 15 is 8.78 Å². The molecule has 1 unspecified atom stereocenters. The molecule has 1 saturated carbocycles. The van der Waals surface area contributed by atoms with E-state index in [1.165, 1.54) is 24.4 Å². The van der Waals surface area contributed by atoms with E-state index in [1.54, 1.807) is 25.3 Å². The van der Waals surface area contributed by atoms with Gasteiger partial charge in [0, 0.05) is 76.0 Å². The number of amides is 3. The van der Waals surface area contributed by atoms with Crippen LogP contribution in [0.4, 0.5) is 20.3 Å². The molecule has 18 heteroatoms. The number of pyridine rings is 2. The number of hydrogen-bond acceptors (Lipinski definition) is 14. The number of phenolic OH excluding ortho intramolecular Hbond substituents is 1. The number of aromatic nitrogens is 4. The molecule has 4 N–H and O–H groups in total. The summed E-state index contributed by atoms with van der Waals surface area (Å²) in [4.78, 5) is 64.1. The van der Waals surface area contributed by atoms with E-state index in [0.717, 1.165) is 90.1 Å². The highest BCUT2D eigenvalue weighted by Crippen LogP contribution is 2.47. The first kappa shape index (κ1) is 46.6. The van der Waals surface area contributed by atoms with Crippen molar-refractivity contribution in [3.8, 4) is 23.0 Å². The number of phenols is 1. The number of piperazine rings is 1. The number of aromatic hydroxyl groups is 1. The molecule has 7 heterocycles. The number of imide groups is 1. The molecular weight excluding hydrogens is 887 g/mol. The first-order chi connectivity index (χ1) is 33.2. The van der Waals surface area contributed by atoms with Gasteiger partial charge < -0.3 is 35.0 Å². The van der Waals surface area contributed by atoms with E-state index in [4.69, 9.17) is 9.72 Å². The van der Waals surface area contributed by atoms with Crippen LogP contribution in [0.3, 0.4) is 0 Å². The van der Waals surface area contributed by atoms with Crippen molar-refractivity contribution in [3.05, 3.63) is 71.7 Å². The van der Waals surface area contributed by atoms with Crippen molar-refractivity contribution in [2.24, 2.45) is 11.3 Å². The van der Waals surface area contributed by atoms with Crippen LogP contribution in [-0.2, 0) is 16.0 Å². The molecule has 2 atom stereocenters. The zero-order valence-electron chi connectivity index (χ0n) is 39.3. The zero-order chi connectivity index (χ0) is 48.0. The highest BCUT2D eigenvalue weighted by atomic mass is 19.1. The number of benzene rings is 2. The molecule has 5 aromatic rings. The lowest BCUT2D eigenvalue weighted by atomic mass is 9.94. The van der Waals surface area contributed by atoms with Crippen molar-refractivity contribution >= 4 is 50.9 Å². The molecule has 5 aliphatic rings. The summed E-state index contributed by atoms with van der Waals surface area (Å²) in [6.45, 7) is 12.4. The van der Waals surface area contributed by atoms with E-state index in [2.05, 4.69) is 40.3 Å². The number of nitrogens with zero attached hydrogens (tertiary/aromatic N) is 8. The standard InChI is InChI=1S/C51H60F2N10O6/c1-3-35-38(52)7-5-32-23-34(64)24-36(42(32)35)44-43(53)45-37(26-55-44)46(63-16-4-13-50(2,68)28-63)59-49(58-45)69-30-51(14-15-51)29-61-17-11-31(12-18-61)27-60-19-21-62(22-20-60)33-6-8-39(54-25-33)47(66)56-40-9-10-41(65)57-48(40)67/h5-8,23-26,31,40,64,68H,3-4,9-22,27-30H2,1-2H3,(H,56,66)(H,57,65,67)/t40?,50-/m1/s1. The van der Waals surface area contributed by atoms with E-state index in [9.17, 15) is 24.6 Å². The van der Waals surface area contributed by atoms with Crippen LogP contribution in [-0.4, -0.2) is 141 Å². The predicted octanol–water partition coefficient (Wildman–Crippen LogP) is 5.37. The Bertz CT molecular complexity index is 2770. The van der Waals surface area contributed by atoms with Crippen LogP contribution in [0.15, 0.2) is 48.8 Å². The fraction of sp³-hybridized carbons (Fsp3) is 0.510. The number of β-amino-alcohol motifs (C(OH)–C–C–N with tert-alkyl or cyclic N) is 1. The summed E-state index contributed by atoms with van der Waals surface area (Å²) in [6.07, 6.45) is 9.62. The summed E-state index contributed by atoms with van der Waals surface area (Å²) in [5.74, 6) is -1.47. The lowest BCUT2D eigenvalue weighted by Gasteiger charge is -2.40. The Morgan fingerprint density at radius 2 is 1.72 bits per heavy atom. The van der Waals surface area contributed by atoms with E-state index in [-0.39, 0.29) is 58.4 Å². The maximum Gasteiger partial charge on any atom is 0.319 e. The summed E-state index contributed by atoms with van der Waals surface area (Å²) < 4.78 is 38.7. The number of aryl methyl sites for hydroxylation is 1. The van der Waals surface area contributed by atoms with Gasteiger partial charge in [0.25, 0.3) is 5.91 Å². The highest BCUT2D eigenvalue weighted by molar-refractivity contribution is 6.04. The number of hydrogen-bond donors (Lipinski definition) is 4. The van der Waals surface area contributed by atoms with Crippen molar-refractivity contribution < 1.29 is 38.1 Å². The number of ether oxygens (including phenoxy) is 1. The largest absolute Gasteiger partial charge is 0.508 e. The molecule has 4 saturated heterocycles. The minimum atomic E-state index is -0.969. The van der Waals surface area contributed by atoms with E-state index in [1.807, 2.05) is 17.9 Å². The van der Waals surface area contributed by atoms with Gasteiger partial charge in [-0.25, -0.2) is 13.8 Å². The van der Waals surface area contributed by atoms with Gasteiger partial charge in [0.2, 0.25) is 11.8 Å². The third kappa shape index (κ3) is 10.0. The minimum Gasteiger partial charge on any atom is -0.508 e. The molecule has 3 aromatic heterocycles. The number of carbonyl (C=O) groups is 3. The molecule has 5 fully saturated rings. The number of rotatable bonds is 13. The highest BCUT2D eigenvalue weighted by Gasteiger charge is 2.46. The van der Waals surface area contributed by atoms with Crippen molar-refractivity contribution in [2.45, 2.75) is 83.3 Å². The molecule has 16 nitrogen and oxygen atoms in total. The quantitative estimate of drug-likeness (QED) is 0.110. The van der Waals surface area contributed by atoms with Crippen LogP contribution in [0.5, 0.6) is 11.8 Å². The van der Waals surface area contributed by atoms with Crippen LogP contribution in [0.25, 0.3) is 32.9 Å². The molecule has 3 amide bonds. The topological polar surface area (TPSA) is 189 Å². The van der Waals surface area contributed by atoms with Gasteiger partial charge in [-0.15, -0.1) is 0 Å². The number of likely N-dealkylation sites (tertiary alicyclic amines) is 1. The molecule has 0 radical (unpaired) electrons. The van der Waals surface area contributed by atoms with Gasteiger partial charge in [-0.1, -0.05) is 13.0 Å². The number of piperidine rings is 3. The third-order valence-electron chi connectivity index (χ3n) is 14.9. The Hall–Kier alpha value is -6.11. The number of nitrogens with one attached hydrogen (secondary N) is 2. The minimum absolute atomic E-state index is 0.00595. The summed E-state index contributed by atoms with van der Waals surface area (Å²) in [6, 6.07) is 8.75. The van der Waals surface area contributed by atoms with Gasteiger partial charge in [-0.3, -0.25) is 29.6 Å². The molecule has 0 spiro atoms. The second-order valence-electron chi connectivity index (χ2n) is 20.2. The Balaban J connectivity index is 0.760. The lowest BCUT2D eigenvalue weighted by Crippen LogP contribution is -2.52. The van der Waals surface area contributed by atoms with Crippen molar-refractivity contribution in [1.29, 1.82) is 0 Å². The fourth-order valence-corrected chi connectivity index (χ4v) is 10.8. The van der Waals surface area contributed by atoms with Gasteiger partial charge in [-0.05, 0) is 124 Å². The van der Waals surface area contributed by atoms with Crippen LogP contribution in [0.2, 0.25) is 0 Å². The number of aliphatic hydroxyl groups is 1. The average molecular weight is 947 g/mol. The average Bonchev–Trinajstić information content (AvgIpc) is 4.11. The Morgan fingerprint density at radius 1 is 0.928 bits per heavy atom. The SMILES string of the molecule is CCc1c(F)ccc2cc(O)cc(-c3ncc4c(N5CCC[C@@](C)(O)C5)nc(OCC5(CN6CCC(CN7CCN(c8ccc(C(=O)NC9CCC(=O)NC9=O)nc8)CC7)CC6)CC5)nc4c3F)c12. The Morgan fingerprint density at radius 3 is 2.43 bits per heavy atom. The monoisotopic (exact) mass is 946 g/mol. The summed E-state index contributed by atoms with van der Waals surface area (Å²) in [7, 11) is 0. The van der Waals surface area contributed by atoms with E-state index in [0.29, 0.717) is 66.0 Å². The Kier molecular flexibility index (Phi) is 12.8. The summed E-state index contributed by atoms with van der Waals surface area (Å²) in [5.41, 5.74) is 0.754. The first-order valence-electron chi connectivity index (χ1n) is 24.4. The molecule has 364 valence electrons. The molecule has 69 heavy (non-hydrogen) atoms. The molecule has 4 aliphatic heterocycles.